The molecule has 0 aromatic carbocycles. The van der Waals surface area contributed by atoms with Crippen LogP contribution in [0.1, 0.15) is 85.3 Å². The number of carbonyl (C=O) groups excluding carboxylic acids is 4. The van der Waals surface area contributed by atoms with Crippen LogP contribution in [0.25, 0.3) is 0 Å². The molecule has 0 spiro atoms. The van der Waals surface area contributed by atoms with Gasteiger partial charge in [-0.25, -0.2) is 0 Å². The van der Waals surface area contributed by atoms with Crippen LogP contribution in [0.15, 0.2) is 24.4 Å². The Morgan fingerprint density at radius 2 is 1.71 bits per heavy atom. The molecule has 0 bridgehead atoms. The van der Waals surface area contributed by atoms with E-state index >= 15 is 0 Å². The van der Waals surface area contributed by atoms with E-state index in [0.29, 0.717) is 19.4 Å². The highest BCUT2D eigenvalue weighted by atomic mass is 16.5. The lowest BCUT2D eigenvalue weighted by Crippen LogP contribution is -2.54. The number of nitrogens with two attached hydrogens (primary N) is 1. The summed E-state index contributed by atoms with van der Waals surface area (Å²) >= 11 is 0. The van der Waals surface area contributed by atoms with Crippen molar-refractivity contribution in [3.8, 4) is 0 Å². The van der Waals surface area contributed by atoms with Crippen LogP contribution < -0.4 is 5.73 Å². The molecule has 278 valence electrons. The van der Waals surface area contributed by atoms with E-state index in [-0.39, 0.29) is 72.6 Å². The predicted octanol–water partition coefficient (Wildman–Crippen LogP) is 4.01. The average molecular weight is 688 g/mol. The van der Waals surface area contributed by atoms with E-state index in [1.165, 1.54) is 0 Å². The second-order valence-electron chi connectivity index (χ2n) is 14.5. The monoisotopic (exact) mass is 687 g/mol. The fourth-order valence-electron chi connectivity index (χ4n) is 7.74. The zero-order chi connectivity index (χ0) is 36.8. The molecule has 1 saturated heterocycles. The molecule has 0 saturated carbocycles. The molecule has 11 heteroatoms. The van der Waals surface area contributed by atoms with Crippen LogP contribution >= 0.6 is 0 Å². The Morgan fingerprint density at radius 1 is 1.02 bits per heavy atom. The van der Waals surface area contributed by atoms with Gasteiger partial charge in [0.2, 0.25) is 11.8 Å². The number of likely N-dealkylation sites (tertiary alicyclic amines) is 1. The first-order chi connectivity index (χ1) is 23.2. The molecule has 0 unspecified atom stereocenters. The lowest BCUT2D eigenvalue weighted by molar-refractivity contribution is -0.148. The van der Waals surface area contributed by atoms with Gasteiger partial charge in [0, 0.05) is 65.0 Å². The van der Waals surface area contributed by atoms with Gasteiger partial charge in [-0.3, -0.25) is 29.1 Å². The molecule has 0 radical (unpaired) electrons. The Hall–Kier alpha value is -2.73. The molecule has 1 aromatic rings. The van der Waals surface area contributed by atoms with Crippen molar-refractivity contribution in [3.05, 3.63) is 30.1 Å². The van der Waals surface area contributed by atoms with Gasteiger partial charge in [-0.2, -0.15) is 0 Å². The minimum absolute atomic E-state index is 0.00977. The number of Topliss-reactive ketones (excluding diaryl/α,β-unsaturated/α-hetero) is 2. The van der Waals surface area contributed by atoms with Gasteiger partial charge in [0.15, 0.2) is 5.78 Å². The highest BCUT2D eigenvalue weighted by Crippen LogP contribution is 2.30. The molecule has 2 heterocycles. The third-order valence-corrected chi connectivity index (χ3v) is 10.5. The van der Waals surface area contributed by atoms with Crippen molar-refractivity contribution in [2.45, 2.75) is 116 Å². The summed E-state index contributed by atoms with van der Waals surface area (Å²) in [4.78, 5) is 64.3. The molecule has 1 fully saturated rings. The number of carbonyl (C=O) groups is 4. The second-order valence-corrected chi connectivity index (χ2v) is 14.5. The van der Waals surface area contributed by atoms with Crippen LogP contribution in [0.2, 0.25) is 0 Å². The van der Waals surface area contributed by atoms with Crippen LogP contribution in [-0.2, 0) is 35.1 Å². The molecule has 11 nitrogen and oxygen atoms in total. The van der Waals surface area contributed by atoms with E-state index in [9.17, 15) is 19.2 Å². The fourth-order valence-corrected chi connectivity index (χ4v) is 7.74. The number of aromatic nitrogens is 1. The maximum Gasteiger partial charge on any atom is 0.227 e. The summed E-state index contributed by atoms with van der Waals surface area (Å²) in [5, 5.41) is 0. The average Bonchev–Trinajstić information content (AvgIpc) is 3.56. The number of ketones is 2. The quantitative estimate of drug-likeness (QED) is 0.192. The van der Waals surface area contributed by atoms with Gasteiger partial charge in [0.25, 0.3) is 0 Å². The SMILES string of the molecule is CC[C@H](C)[C@@H]([C@@H](CC(=O)N1CCC[C@H]1[C@H](OC)[C@@H](C)C(=O)CCCc1ccccn1)OC)N(C)C(=O)[C@H](CN)CC(=O)[C@H](C(C)C)N(C)C. The molecule has 2 N–H and O–H groups in total. The van der Waals surface area contributed by atoms with E-state index in [4.69, 9.17) is 15.2 Å². The third-order valence-electron chi connectivity index (χ3n) is 10.5. The van der Waals surface area contributed by atoms with E-state index in [2.05, 4.69) is 11.9 Å². The molecular weight excluding hydrogens is 622 g/mol. The van der Waals surface area contributed by atoms with Crippen molar-refractivity contribution in [2.24, 2.45) is 29.4 Å². The molecule has 0 aliphatic carbocycles. The van der Waals surface area contributed by atoms with Gasteiger partial charge in [-0.05, 0) is 63.7 Å². The number of methoxy groups -OCH3 is 2. The van der Waals surface area contributed by atoms with Gasteiger partial charge in [-0.15, -0.1) is 0 Å². The van der Waals surface area contributed by atoms with E-state index in [1.54, 1.807) is 32.4 Å². The fraction of sp³-hybridized carbons (Fsp3) is 0.763. The Morgan fingerprint density at radius 3 is 2.24 bits per heavy atom. The first kappa shape index (κ1) is 42.4. The lowest BCUT2D eigenvalue weighted by Gasteiger charge is -2.40. The van der Waals surface area contributed by atoms with Crippen molar-refractivity contribution in [2.75, 3.05) is 48.5 Å². The van der Waals surface area contributed by atoms with E-state index in [0.717, 1.165) is 31.4 Å². The number of hydrogen-bond donors (Lipinski definition) is 1. The topological polar surface area (TPSA) is 135 Å². The highest BCUT2D eigenvalue weighted by Gasteiger charge is 2.42. The summed E-state index contributed by atoms with van der Waals surface area (Å²) in [6.07, 6.45) is 5.06. The number of hydrogen-bond acceptors (Lipinski definition) is 9. The Bertz CT molecular complexity index is 1170. The number of rotatable bonds is 22. The summed E-state index contributed by atoms with van der Waals surface area (Å²) in [5.41, 5.74) is 7.07. The van der Waals surface area contributed by atoms with Crippen LogP contribution in [0, 0.1) is 23.7 Å². The Labute approximate surface area is 295 Å². The molecule has 1 aromatic heterocycles. The molecular formula is C38H65N5O6. The van der Waals surface area contributed by atoms with Crippen LogP contribution in [-0.4, -0.2) is 122 Å². The number of pyridine rings is 1. The molecule has 49 heavy (non-hydrogen) atoms. The molecule has 8 atom stereocenters. The maximum atomic E-state index is 14.0. The van der Waals surface area contributed by atoms with Crippen molar-refractivity contribution in [1.82, 2.24) is 19.7 Å². The number of likely N-dealkylation sites (N-methyl/N-ethyl adjacent to an activating group) is 2. The molecule has 2 rings (SSSR count). The summed E-state index contributed by atoms with van der Waals surface area (Å²) in [6, 6.07) is 4.84. The molecule has 2 amide bonds. The first-order valence-corrected chi connectivity index (χ1v) is 18.2. The minimum Gasteiger partial charge on any atom is -0.379 e. The summed E-state index contributed by atoms with van der Waals surface area (Å²) < 4.78 is 11.9. The van der Waals surface area contributed by atoms with Gasteiger partial charge in [-0.1, -0.05) is 47.1 Å². The van der Waals surface area contributed by atoms with Gasteiger partial charge in [0.1, 0.15) is 5.78 Å². The zero-order valence-corrected chi connectivity index (χ0v) is 31.9. The standard InChI is InChI=1S/C38H65N5O6/c1-11-26(4)36(42(8)38(47)28(24-39)22-32(45)35(25(2)3)41(6)7)33(48-9)23-34(46)43-21-15-18-30(43)37(49-10)27(5)31(44)19-14-17-29-16-12-13-20-40-29/h12-13,16,20,25-28,30,33,35-37H,11,14-15,17-19,21-24,39H2,1-10H3/t26-,27-,28-,30-,33+,35-,36-,37+/m0/s1. The third kappa shape index (κ3) is 11.7. The predicted molar refractivity (Wildman–Crippen MR) is 193 cm³/mol. The van der Waals surface area contributed by atoms with E-state index < -0.39 is 24.2 Å². The van der Waals surface area contributed by atoms with Gasteiger partial charge < -0.3 is 25.0 Å². The Balaban J connectivity index is 2.18. The number of aryl methyl sites for hydroxylation is 1. The number of ether oxygens (including phenoxy) is 2. The maximum absolute atomic E-state index is 14.0. The van der Waals surface area contributed by atoms with Crippen molar-refractivity contribution < 1.29 is 28.7 Å². The van der Waals surface area contributed by atoms with Crippen molar-refractivity contribution >= 4 is 23.4 Å². The van der Waals surface area contributed by atoms with E-state index in [1.807, 2.05) is 69.8 Å². The summed E-state index contributed by atoms with van der Waals surface area (Å²) in [5.74, 6) is -1.14. The summed E-state index contributed by atoms with van der Waals surface area (Å²) in [6.45, 7) is 10.6. The van der Waals surface area contributed by atoms with Crippen LogP contribution in [0.3, 0.4) is 0 Å². The second kappa shape index (κ2) is 20.8. The number of amides is 2. The van der Waals surface area contributed by atoms with Crippen LogP contribution in [0.4, 0.5) is 0 Å². The normalized spacial score (nSPS) is 19.3. The largest absolute Gasteiger partial charge is 0.379 e. The van der Waals surface area contributed by atoms with Crippen LogP contribution in [0.5, 0.6) is 0 Å². The van der Waals surface area contributed by atoms with Gasteiger partial charge in [0.05, 0.1) is 42.7 Å². The Kier molecular flexibility index (Phi) is 18.0. The highest BCUT2D eigenvalue weighted by molar-refractivity contribution is 5.90. The lowest BCUT2D eigenvalue weighted by atomic mass is 9.87. The minimum atomic E-state index is -0.674. The number of nitrogens with zero attached hydrogens (tertiary/aromatic N) is 4. The molecule has 1 aliphatic rings. The zero-order valence-electron chi connectivity index (χ0n) is 31.9. The van der Waals surface area contributed by atoms with Crippen molar-refractivity contribution in [3.63, 3.8) is 0 Å². The van der Waals surface area contributed by atoms with Crippen molar-refractivity contribution in [1.29, 1.82) is 0 Å². The van der Waals surface area contributed by atoms with Gasteiger partial charge >= 0.3 is 0 Å². The molecule has 1 aliphatic heterocycles. The summed E-state index contributed by atoms with van der Waals surface area (Å²) in [7, 11) is 8.66. The smallest absolute Gasteiger partial charge is 0.227 e. The first-order valence-electron chi connectivity index (χ1n) is 18.2.